The van der Waals surface area contributed by atoms with E-state index in [0.29, 0.717) is 18.3 Å². The minimum Gasteiger partial charge on any atom is -0.417 e. The van der Waals surface area contributed by atoms with Crippen molar-refractivity contribution >= 4 is 22.2 Å². The lowest BCUT2D eigenvalue weighted by Crippen LogP contribution is -2.41. The van der Waals surface area contributed by atoms with Crippen LogP contribution in [0.4, 0.5) is 0 Å². The van der Waals surface area contributed by atoms with Crippen LogP contribution in [0.3, 0.4) is 0 Å². The molecular weight excluding hydrogens is 464 g/mol. The van der Waals surface area contributed by atoms with E-state index in [1.807, 2.05) is 36.4 Å². The summed E-state index contributed by atoms with van der Waals surface area (Å²) in [6, 6.07) is 17.1. The molecule has 35 heavy (non-hydrogen) atoms. The number of benzene rings is 2. The molecule has 0 aliphatic carbocycles. The molecule has 0 saturated carbocycles. The summed E-state index contributed by atoms with van der Waals surface area (Å²) in [5.41, 5.74) is 3.78. The van der Waals surface area contributed by atoms with Crippen molar-refractivity contribution in [3.8, 4) is 0 Å². The SMILES string of the molecule is CC(C)(C)[Si](C)(C)Cc1cccc(C(=O)c2cccc(COCCCO[Si](C)(C)C(C)(C)C)c2)c1. The standard InChI is InChI=1S/C30H48O3Si2/c1-29(2,3)34(7,8)23-25-15-12-17-27(21-25)28(31)26-16-11-14-24(20-26)22-32-18-13-19-33-35(9,10)30(4,5)6/h11-12,14-17,20-21H,13,18-19,22-23H2,1-10H3. The maximum atomic E-state index is 13.3. The van der Waals surface area contributed by atoms with E-state index in [-0.39, 0.29) is 10.8 Å². The Hall–Kier alpha value is -1.54. The first kappa shape index (κ1) is 29.7. The van der Waals surface area contributed by atoms with Gasteiger partial charge in [-0.05, 0) is 58.9 Å². The third-order valence-corrected chi connectivity index (χ3v) is 17.9. The molecule has 0 spiro atoms. The number of hydrogen-bond acceptors (Lipinski definition) is 3. The minimum atomic E-state index is -1.70. The largest absolute Gasteiger partial charge is 0.417 e. The Morgan fingerprint density at radius 2 is 1.31 bits per heavy atom. The van der Waals surface area contributed by atoms with Gasteiger partial charge < -0.3 is 9.16 Å². The van der Waals surface area contributed by atoms with Crippen molar-refractivity contribution in [3.63, 3.8) is 0 Å². The van der Waals surface area contributed by atoms with Crippen molar-refractivity contribution in [1.29, 1.82) is 0 Å². The Bertz CT molecular complexity index is 982. The van der Waals surface area contributed by atoms with Gasteiger partial charge in [0, 0.05) is 24.3 Å². The van der Waals surface area contributed by atoms with Crippen LogP contribution in [0.1, 0.15) is 75.0 Å². The molecule has 0 N–H and O–H groups in total. The number of rotatable bonds is 11. The zero-order valence-corrected chi connectivity index (χ0v) is 25.9. The molecule has 0 fully saturated rings. The summed E-state index contributed by atoms with van der Waals surface area (Å²) in [5, 5.41) is 0.545. The van der Waals surface area contributed by atoms with Crippen LogP contribution < -0.4 is 0 Å². The van der Waals surface area contributed by atoms with Crippen LogP contribution in [0.5, 0.6) is 0 Å². The molecule has 0 aromatic heterocycles. The van der Waals surface area contributed by atoms with Gasteiger partial charge in [-0.2, -0.15) is 0 Å². The zero-order valence-electron chi connectivity index (χ0n) is 23.9. The second kappa shape index (κ2) is 11.7. The number of hydrogen-bond donors (Lipinski definition) is 0. The van der Waals surface area contributed by atoms with E-state index < -0.39 is 16.4 Å². The molecule has 5 heteroatoms. The Kier molecular flexibility index (Phi) is 9.91. The van der Waals surface area contributed by atoms with E-state index in [2.05, 4.69) is 79.9 Å². The van der Waals surface area contributed by atoms with E-state index in [1.165, 1.54) is 5.56 Å². The molecular formula is C30H48O3Si2. The predicted octanol–water partition coefficient (Wildman–Crippen LogP) is 8.44. The third-order valence-electron chi connectivity index (χ3n) is 8.03. The molecule has 0 bridgehead atoms. The van der Waals surface area contributed by atoms with Gasteiger partial charge >= 0.3 is 0 Å². The summed E-state index contributed by atoms with van der Waals surface area (Å²) < 4.78 is 12.1. The van der Waals surface area contributed by atoms with Gasteiger partial charge in [-0.25, -0.2) is 0 Å². The molecule has 0 aliphatic rings. The quantitative estimate of drug-likeness (QED) is 0.172. The first-order valence-electron chi connectivity index (χ1n) is 13.0. The maximum absolute atomic E-state index is 13.3. The second-order valence-electron chi connectivity index (χ2n) is 13.1. The Labute approximate surface area is 216 Å². The van der Waals surface area contributed by atoms with E-state index in [9.17, 15) is 4.79 Å². The van der Waals surface area contributed by atoms with E-state index >= 15 is 0 Å². The topological polar surface area (TPSA) is 35.5 Å². The van der Waals surface area contributed by atoms with E-state index in [1.54, 1.807) is 0 Å². The summed E-state index contributed by atoms with van der Waals surface area (Å²) in [7, 11) is -3.17. The molecule has 0 atom stereocenters. The van der Waals surface area contributed by atoms with Crippen molar-refractivity contribution < 1.29 is 14.0 Å². The lowest BCUT2D eigenvalue weighted by molar-refractivity contribution is 0.103. The number of carbonyl (C=O) groups is 1. The van der Waals surface area contributed by atoms with E-state index in [0.717, 1.165) is 35.8 Å². The van der Waals surface area contributed by atoms with Crippen molar-refractivity contribution in [3.05, 3.63) is 70.8 Å². The predicted molar refractivity (Wildman–Crippen MR) is 155 cm³/mol. The van der Waals surface area contributed by atoms with Crippen molar-refractivity contribution in [2.75, 3.05) is 13.2 Å². The Morgan fingerprint density at radius 3 is 1.86 bits per heavy atom. The van der Waals surface area contributed by atoms with Gasteiger partial charge in [0.1, 0.15) is 0 Å². The van der Waals surface area contributed by atoms with Crippen molar-refractivity contribution in [2.24, 2.45) is 0 Å². The first-order chi connectivity index (χ1) is 16.0. The molecule has 2 aromatic rings. The number of ketones is 1. The van der Waals surface area contributed by atoms with Crippen molar-refractivity contribution in [1.82, 2.24) is 0 Å². The van der Waals surface area contributed by atoms with Crippen LogP contribution in [0.2, 0.25) is 36.3 Å². The van der Waals surface area contributed by atoms with Crippen LogP contribution in [0, 0.1) is 0 Å². The molecule has 0 radical (unpaired) electrons. The first-order valence-corrected chi connectivity index (χ1v) is 19.1. The molecule has 3 nitrogen and oxygen atoms in total. The van der Waals surface area contributed by atoms with Crippen LogP contribution in [-0.2, 0) is 21.8 Å². The van der Waals surface area contributed by atoms with Gasteiger partial charge in [0.2, 0.25) is 0 Å². The molecule has 194 valence electrons. The highest BCUT2D eigenvalue weighted by molar-refractivity contribution is 6.79. The summed E-state index contributed by atoms with van der Waals surface area (Å²) in [5.74, 6) is 0.0756. The average Bonchev–Trinajstić information content (AvgIpc) is 2.74. The fourth-order valence-corrected chi connectivity index (χ4v) is 6.32. The molecule has 0 heterocycles. The molecule has 0 unspecified atom stereocenters. The fourth-order valence-electron chi connectivity index (χ4n) is 3.46. The lowest BCUT2D eigenvalue weighted by atomic mass is 10.0. The van der Waals surface area contributed by atoms with Gasteiger partial charge in [-0.1, -0.05) is 91.0 Å². The Balaban J connectivity index is 1.94. The summed E-state index contributed by atoms with van der Waals surface area (Å²) in [4.78, 5) is 13.3. The number of carbonyl (C=O) groups excluding carboxylic acids is 1. The smallest absolute Gasteiger partial charge is 0.193 e. The minimum absolute atomic E-state index is 0.0756. The highest BCUT2D eigenvalue weighted by atomic mass is 28.4. The van der Waals surface area contributed by atoms with Gasteiger partial charge in [0.15, 0.2) is 14.1 Å². The maximum Gasteiger partial charge on any atom is 0.193 e. The fraction of sp³-hybridized carbons (Fsp3) is 0.567. The summed E-state index contributed by atoms with van der Waals surface area (Å²) >= 11 is 0. The van der Waals surface area contributed by atoms with Crippen LogP contribution in [-0.4, -0.2) is 35.4 Å². The lowest BCUT2D eigenvalue weighted by Gasteiger charge is -2.37. The van der Waals surface area contributed by atoms with Gasteiger partial charge in [-0.3, -0.25) is 4.79 Å². The third kappa shape index (κ3) is 8.52. The van der Waals surface area contributed by atoms with Gasteiger partial charge in [0.25, 0.3) is 0 Å². The molecule has 0 aliphatic heterocycles. The molecule has 0 saturated heterocycles. The van der Waals surface area contributed by atoms with Gasteiger partial charge in [-0.15, -0.1) is 0 Å². The normalized spacial score (nSPS) is 13.2. The average molecular weight is 513 g/mol. The monoisotopic (exact) mass is 512 g/mol. The van der Waals surface area contributed by atoms with Crippen LogP contribution in [0.15, 0.2) is 48.5 Å². The van der Waals surface area contributed by atoms with Crippen LogP contribution in [0.25, 0.3) is 0 Å². The highest BCUT2D eigenvalue weighted by Gasteiger charge is 2.37. The molecule has 0 amide bonds. The number of ether oxygens (including phenoxy) is 1. The van der Waals surface area contributed by atoms with Gasteiger partial charge in [0.05, 0.1) is 14.7 Å². The van der Waals surface area contributed by atoms with Crippen LogP contribution >= 0.6 is 0 Å². The second-order valence-corrected chi connectivity index (χ2v) is 23.5. The summed E-state index contributed by atoms with van der Waals surface area (Å²) in [6.45, 7) is 25.1. The summed E-state index contributed by atoms with van der Waals surface area (Å²) in [6.07, 6.45) is 0.881. The highest BCUT2D eigenvalue weighted by Crippen LogP contribution is 2.38. The molecule has 2 aromatic carbocycles. The van der Waals surface area contributed by atoms with Crippen molar-refractivity contribution in [2.45, 2.75) is 96.9 Å². The zero-order chi connectivity index (χ0) is 26.5. The Morgan fingerprint density at radius 1 is 0.771 bits per heavy atom. The van der Waals surface area contributed by atoms with E-state index in [4.69, 9.17) is 9.16 Å². The molecule has 2 rings (SSSR count).